The minimum absolute atomic E-state index is 0.225. The molecule has 2 atom stereocenters. The predicted molar refractivity (Wildman–Crippen MR) is 75.4 cm³/mol. The van der Waals surface area contributed by atoms with E-state index in [1.165, 1.54) is 24.8 Å². The zero-order valence-corrected chi connectivity index (χ0v) is 11.8. The Bertz CT molecular complexity index is 456. The van der Waals surface area contributed by atoms with Crippen molar-refractivity contribution < 1.29 is 9.84 Å². The van der Waals surface area contributed by atoms with Gasteiger partial charge in [0.2, 0.25) is 0 Å². The van der Waals surface area contributed by atoms with Crippen LogP contribution >= 0.6 is 0 Å². The number of rotatable bonds is 4. The van der Waals surface area contributed by atoms with Crippen LogP contribution in [-0.4, -0.2) is 36.8 Å². The summed E-state index contributed by atoms with van der Waals surface area (Å²) >= 11 is 0. The molecule has 3 rings (SSSR count). The summed E-state index contributed by atoms with van der Waals surface area (Å²) in [5.41, 5.74) is 2.31. The Balaban J connectivity index is 1.72. The van der Waals surface area contributed by atoms with E-state index in [9.17, 15) is 5.11 Å². The van der Waals surface area contributed by atoms with Crippen molar-refractivity contribution in [3.8, 4) is 5.75 Å². The lowest BCUT2D eigenvalue weighted by Gasteiger charge is -2.34. The number of fused-ring (bicyclic) bond motifs is 1. The lowest BCUT2D eigenvalue weighted by molar-refractivity contribution is 0.0580. The van der Waals surface area contributed by atoms with Crippen molar-refractivity contribution in [3.63, 3.8) is 0 Å². The summed E-state index contributed by atoms with van der Waals surface area (Å²) in [5.74, 6) is 1.68. The molecule has 0 saturated heterocycles. The molecule has 2 unspecified atom stereocenters. The maximum atomic E-state index is 10.5. The van der Waals surface area contributed by atoms with Crippen LogP contribution in [0.15, 0.2) is 18.2 Å². The fraction of sp³-hybridized carbons (Fsp3) is 0.625. The van der Waals surface area contributed by atoms with Gasteiger partial charge in [-0.05, 0) is 55.5 Å². The fourth-order valence-electron chi connectivity index (χ4n) is 3.32. The lowest BCUT2D eigenvalue weighted by atomic mass is 9.85. The van der Waals surface area contributed by atoms with E-state index in [1.54, 1.807) is 7.11 Å². The molecule has 2 aliphatic rings. The van der Waals surface area contributed by atoms with E-state index < -0.39 is 0 Å². The summed E-state index contributed by atoms with van der Waals surface area (Å²) in [5, 5.41) is 10.5. The van der Waals surface area contributed by atoms with Crippen LogP contribution in [0.1, 0.15) is 36.5 Å². The van der Waals surface area contributed by atoms with E-state index in [1.807, 2.05) is 12.1 Å². The number of hydrogen-bond donors (Lipinski definition) is 1. The van der Waals surface area contributed by atoms with Crippen LogP contribution in [0, 0.1) is 5.92 Å². The first-order valence-electron chi connectivity index (χ1n) is 7.24. The van der Waals surface area contributed by atoms with Crippen molar-refractivity contribution in [2.24, 2.45) is 5.92 Å². The summed E-state index contributed by atoms with van der Waals surface area (Å²) in [4.78, 5) is 2.35. The van der Waals surface area contributed by atoms with Gasteiger partial charge in [0.05, 0.1) is 13.2 Å². The molecular formula is C16H23NO2. The molecule has 1 fully saturated rings. The molecule has 0 amide bonds. The summed E-state index contributed by atoms with van der Waals surface area (Å²) in [7, 11) is 3.82. The van der Waals surface area contributed by atoms with Crippen molar-refractivity contribution in [3.05, 3.63) is 29.3 Å². The average molecular weight is 261 g/mol. The van der Waals surface area contributed by atoms with Gasteiger partial charge in [0.25, 0.3) is 0 Å². The standard InChI is InChI=1S/C16H23NO2/c1-17(10-11-4-3-5-11)15-8-12-6-7-13(19-2)9-14(12)16(15)18/h6-7,9,11,15-16,18H,3-5,8,10H2,1-2H3. The highest BCUT2D eigenvalue weighted by atomic mass is 16.5. The van der Waals surface area contributed by atoms with Crippen LogP contribution in [0.4, 0.5) is 0 Å². The topological polar surface area (TPSA) is 32.7 Å². The molecule has 0 radical (unpaired) electrons. The summed E-state index contributed by atoms with van der Waals surface area (Å²) in [6.45, 7) is 1.12. The third kappa shape index (κ3) is 2.37. The molecule has 0 heterocycles. The Morgan fingerprint density at radius 3 is 2.79 bits per heavy atom. The van der Waals surface area contributed by atoms with Crippen LogP contribution in [0.5, 0.6) is 5.75 Å². The number of methoxy groups -OCH3 is 1. The van der Waals surface area contributed by atoms with Crippen LogP contribution < -0.4 is 4.74 Å². The van der Waals surface area contributed by atoms with E-state index in [4.69, 9.17) is 4.74 Å². The third-order valence-corrected chi connectivity index (χ3v) is 4.80. The molecule has 3 heteroatoms. The van der Waals surface area contributed by atoms with E-state index >= 15 is 0 Å². The molecule has 1 aromatic rings. The first-order valence-corrected chi connectivity index (χ1v) is 7.24. The van der Waals surface area contributed by atoms with Gasteiger partial charge in [-0.2, -0.15) is 0 Å². The second-order valence-corrected chi connectivity index (χ2v) is 6.02. The summed E-state index contributed by atoms with van der Waals surface area (Å²) < 4.78 is 5.25. The Morgan fingerprint density at radius 2 is 2.16 bits per heavy atom. The molecule has 1 N–H and O–H groups in total. The van der Waals surface area contributed by atoms with Crippen molar-refractivity contribution in [1.29, 1.82) is 0 Å². The van der Waals surface area contributed by atoms with Crippen molar-refractivity contribution in [1.82, 2.24) is 4.90 Å². The number of ether oxygens (including phenoxy) is 1. The molecule has 0 aliphatic heterocycles. The molecule has 1 saturated carbocycles. The van der Waals surface area contributed by atoms with Crippen LogP contribution in [-0.2, 0) is 6.42 Å². The van der Waals surface area contributed by atoms with Gasteiger partial charge in [-0.3, -0.25) is 4.90 Å². The Hall–Kier alpha value is -1.06. The number of likely N-dealkylation sites (N-methyl/N-ethyl adjacent to an activating group) is 1. The van der Waals surface area contributed by atoms with Gasteiger partial charge in [-0.1, -0.05) is 12.5 Å². The van der Waals surface area contributed by atoms with Crippen LogP contribution in [0.25, 0.3) is 0 Å². The zero-order valence-electron chi connectivity index (χ0n) is 11.8. The molecule has 3 nitrogen and oxygen atoms in total. The molecule has 2 aliphatic carbocycles. The molecule has 19 heavy (non-hydrogen) atoms. The van der Waals surface area contributed by atoms with E-state index in [0.29, 0.717) is 0 Å². The molecule has 0 aromatic heterocycles. The number of aliphatic hydroxyl groups excluding tert-OH is 1. The molecule has 0 bridgehead atoms. The largest absolute Gasteiger partial charge is 0.497 e. The van der Waals surface area contributed by atoms with Crippen molar-refractivity contribution >= 4 is 0 Å². The summed E-state index contributed by atoms with van der Waals surface area (Å²) in [6.07, 6.45) is 4.66. The molecule has 1 aromatic carbocycles. The van der Waals surface area contributed by atoms with Crippen LogP contribution in [0.2, 0.25) is 0 Å². The second kappa shape index (κ2) is 5.14. The van der Waals surface area contributed by atoms with Gasteiger partial charge in [0.1, 0.15) is 5.75 Å². The first-order chi connectivity index (χ1) is 9.19. The van der Waals surface area contributed by atoms with E-state index in [0.717, 1.165) is 30.2 Å². The van der Waals surface area contributed by atoms with Crippen LogP contribution in [0.3, 0.4) is 0 Å². The normalized spacial score (nSPS) is 26.3. The lowest BCUT2D eigenvalue weighted by Crippen LogP contribution is -2.39. The van der Waals surface area contributed by atoms with Gasteiger partial charge >= 0.3 is 0 Å². The third-order valence-electron chi connectivity index (χ3n) is 4.80. The SMILES string of the molecule is COc1ccc2c(c1)C(O)C(N(C)CC1CCC1)C2. The highest BCUT2D eigenvalue weighted by Crippen LogP contribution is 2.37. The number of benzene rings is 1. The number of aliphatic hydroxyl groups is 1. The monoisotopic (exact) mass is 261 g/mol. The zero-order chi connectivity index (χ0) is 13.4. The Kier molecular flexibility index (Phi) is 3.50. The average Bonchev–Trinajstić information content (AvgIpc) is 2.71. The minimum atomic E-state index is -0.379. The maximum absolute atomic E-state index is 10.5. The fourth-order valence-corrected chi connectivity index (χ4v) is 3.32. The smallest absolute Gasteiger partial charge is 0.119 e. The first kappa shape index (κ1) is 12.9. The van der Waals surface area contributed by atoms with Gasteiger partial charge in [-0.25, -0.2) is 0 Å². The summed E-state index contributed by atoms with van der Waals surface area (Å²) in [6, 6.07) is 6.29. The van der Waals surface area contributed by atoms with Gasteiger partial charge in [0, 0.05) is 12.6 Å². The molecular weight excluding hydrogens is 238 g/mol. The van der Waals surface area contributed by atoms with E-state index in [-0.39, 0.29) is 12.1 Å². The highest BCUT2D eigenvalue weighted by Gasteiger charge is 2.35. The Morgan fingerprint density at radius 1 is 1.37 bits per heavy atom. The number of hydrogen-bond acceptors (Lipinski definition) is 3. The Labute approximate surface area is 115 Å². The minimum Gasteiger partial charge on any atom is -0.497 e. The van der Waals surface area contributed by atoms with Crippen molar-refractivity contribution in [2.45, 2.75) is 37.8 Å². The molecule has 0 spiro atoms. The highest BCUT2D eigenvalue weighted by molar-refractivity contribution is 5.41. The van der Waals surface area contributed by atoms with E-state index in [2.05, 4.69) is 18.0 Å². The quantitative estimate of drug-likeness (QED) is 0.903. The van der Waals surface area contributed by atoms with Gasteiger partial charge in [-0.15, -0.1) is 0 Å². The van der Waals surface area contributed by atoms with Crippen molar-refractivity contribution in [2.75, 3.05) is 20.7 Å². The maximum Gasteiger partial charge on any atom is 0.119 e. The second-order valence-electron chi connectivity index (χ2n) is 6.02. The predicted octanol–water partition coefficient (Wildman–Crippen LogP) is 2.39. The van der Waals surface area contributed by atoms with Gasteiger partial charge in [0.15, 0.2) is 0 Å². The number of nitrogens with zero attached hydrogens (tertiary/aromatic N) is 1. The van der Waals surface area contributed by atoms with Gasteiger partial charge < -0.3 is 9.84 Å². The molecule has 104 valence electrons.